The van der Waals surface area contributed by atoms with E-state index in [1.807, 2.05) is 4.90 Å². The average molecular weight is 512 g/mol. The van der Waals surface area contributed by atoms with Gasteiger partial charge in [-0.15, -0.1) is 0 Å². The summed E-state index contributed by atoms with van der Waals surface area (Å²) >= 11 is 0. The Bertz CT molecular complexity index is 1080. The number of hydrogen-bond donors (Lipinski definition) is 2. The maximum Gasteiger partial charge on any atom is 0.325 e. The molecule has 3 aliphatic heterocycles. The van der Waals surface area contributed by atoms with E-state index in [1.165, 1.54) is 17.7 Å². The van der Waals surface area contributed by atoms with Crippen molar-refractivity contribution < 1.29 is 23.8 Å². The van der Waals surface area contributed by atoms with E-state index in [0.717, 1.165) is 75.0 Å². The van der Waals surface area contributed by atoms with Crippen LogP contribution in [0.25, 0.3) is 0 Å². The molecule has 2 N–H and O–H groups in total. The first-order chi connectivity index (χ1) is 18.1. The molecule has 1 aromatic heterocycles. The number of ether oxygens (including phenoxy) is 2. The minimum absolute atomic E-state index is 0.00647. The Hall–Kier alpha value is -2.55. The van der Waals surface area contributed by atoms with Crippen molar-refractivity contribution in [1.82, 2.24) is 9.88 Å². The first-order valence-electron chi connectivity index (χ1n) is 13.8. The summed E-state index contributed by atoms with van der Waals surface area (Å²) in [5.41, 5.74) is 3.93. The van der Waals surface area contributed by atoms with Gasteiger partial charge in [-0.05, 0) is 92.2 Å². The number of nitrogens with zero attached hydrogens (tertiary/aromatic N) is 2. The lowest BCUT2D eigenvalue weighted by molar-refractivity contribution is -0.143. The molecule has 2 fully saturated rings. The number of hydrogen-bond acceptors (Lipinski definition) is 6. The molecule has 0 unspecified atom stereocenters. The van der Waals surface area contributed by atoms with Crippen LogP contribution in [-0.4, -0.2) is 66.5 Å². The van der Waals surface area contributed by atoms with Gasteiger partial charge in [0.1, 0.15) is 17.7 Å². The van der Waals surface area contributed by atoms with E-state index in [0.29, 0.717) is 38.5 Å². The zero-order chi connectivity index (χ0) is 25.6. The van der Waals surface area contributed by atoms with Crippen molar-refractivity contribution in [3.63, 3.8) is 0 Å². The molecule has 5 rings (SSSR count). The SMILES string of the molecule is O=C(O)[C@@H](c1cc(F)ccc1C1CCOCC1)N1CC[C@@H](OCCCCc2ccc3c(n2)NCCC3)C1. The number of rotatable bonds is 10. The third-order valence-electron chi connectivity index (χ3n) is 7.91. The Balaban J connectivity index is 1.13. The number of carboxylic acid groups (broad SMARTS) is 1. The van der Waals surface area contributed by atoms with Gasteiger partial charge >= 0.3 is 5.97 Å². The maximum atomic E-state index is 14.3. The zero-order valence-electron chi connectivity index (χ0n) is 21.5. The molecule has 200 valence electrons. The molecule has 0 aliphatic carbocycles. The summed E-state index contributed by atoms with van der Waals surface area (Å²) in [6.07, 6.45) is 7.54. The Morgan fingerprint density at radius 1 is 1.22 bits per heavy atom. The van der Waals surface area contributed by atoms with Crippen molar-refractivity contribution in [2.75, 3.05) is 44.8 Å². The molecule has 0 spiro atoms. The van der Waals surface area contributed by atoms with Gasteiger partial charge in [0, 0.05) is 45.1 Å². The average Bonchev–Trinajstić information content (AvgIpc) is 3.37. The van der Waals surface area contributed by atoms with Gasteiger partial charge in [0.2, 0.25) is 0 Å². The Labute approximate surface area is 218 Å². The van der Waals surface area contributed by atoms with Crippen LogP contribution in [0.1, 0.15) is 72.9 Å². The van der Waals surface area contributed by atoms with Gasteiger partial charge < -0.3 is 19.9 Å². The number of aliphatic carboxylic acids is 1. The normalized spacial score (nSPS) is 21.4. The van der Waals surface area contributed by atoms with E-state index in [2.05, 4.69) is 17.4 Å². The number of likely N-dealkylation sites (tertiary alicyclic amines) is 1. The topological polar surface area (TPSA) is 83.9 Å². The van der Waals surface area contributed by atoms with E-state index >= 15 is 0 Å². The number of fused-ring (bicyclic) bond motifs is 1. The highest BCUT2D eigenvalue weighted by atomic mass is 19.1. The minimum atomic E-state index is -0.938. The number of carboxylic acids is 1. The number of unbranched alkanes of at least 4 members (excludes halogenated alkanes) is 1. The fourth-order valence-electron chi connectivity index (χ4n) is 5.94. The van der Waals surface area contributed by atoms with Crippen molar-refractivity contribution >= 4 is 11.8 Å². The van der Waals surface area contributed by atoms with E-state index in [9.17, 15) is 14.3 Å². The van der Waals surface area contributed by atoms with Gasteiger partial charge in [-0.1, -0.05) is 12.1 Å². The summed E-state index contributed by atoms with van der Waals surface area (Å²) in [6, 6.07) is 8.09. The van der Waals surface area contributed by atoms with Crippen LogP contribution in [0, 0.1) is 5.82 Å². The van der Waals surface area contributed by atoms with Gasteiger partial charge in [-0.25, -0.2) is 9.37 Å². The van der Waals surface area contributed by atoms with Crippen molar-refractivity contribution in [3.05, 3.63) is 58.5 Å². The zero-order valence-corrected chi connectivity index (χ0v) is 21.5. The molecule has 0 amide bonds. The van der Waals surface area contributed by atoms with Crippen LogP contribution in [0.3, 0.4) is 0 Å². The molecule has 2 atom stereocenters. The summed E-state index contributed by atoms with van der Waals surface area (Å²) in [4.78, 5) is 19.1. The number of aryl methyl sites for hydroxylation is 2. The van der Waals surface area contributed by atoms with Gasteiger partial charge in [-0.3, -0.25) is 9.69 Å². The third-order valence-corrected chi connectivity index (χ3v) is 7.91. The standard InChI is InChI=1S/C29H38FN3O4/c30-22-7-9-25(20-11-16-36-17-12-20)26(18-22)27(29(34)35)33-14-10-24(19-33)37-15-2-1-5-23-8-6-21-4-3-13-31-28(21)32-23/h6-9,18,20,24,27H,1-5,10-17,19H2,(H,31,32)(H,34,35)/t24-,27-/m1/s1. The lowest BCUT2D eigenvalue weighted by Gasteiger charge is -2.30. The number of benzene rings is 1. The largest absolute Gasteiger partial charge is 0.480 e. The molecule has 37 heavy (non-hydrogen) atoms. The van der Waals surface area contributed by atoms with Crippen LogP contribution in [0.4, 0.5) is 10.2 Å². The Morgan fingerprint density at radius 2 is 2.08 bits per heavy atom. The monoisotopic (exact) mass is 511 g/mol. The second-order valence-electron chi connectivity index (χ2n) is 10.5. The van der Waals surface area contributed by atoms with E-state index < -0.39 is 17.8 Å². The highest BCUT2D eigenvalue weighted by molar-refractivity contribution is 5.76. The summed E-state index contributed by atoms with van der Waals surface area (Å²) in [5, 5.41) is 13.6. The molecule has 0 radical (unpaired) electrons. The first kappa shape index (κ1) is 26.1. The first-order valence-corrected chi connectivity index (χ1v) is 13.8. The molecule has 4 heterocycles. The Morgan fingerprint density at radius 3 is 2.92 bits per heavy atom. The fourth-order valence-corrected chi connectivity index (χ4v) is 5.94. The molecule has 1 aromatic carbocycles. The van der Waals surface area contributed by atoms with Crippen molar-refractivity contribution in [2.45, 2.75) is 69.4 Å². The molecule has 7 nitrogen and oxygen atoms in total. The van der Waals surface area contributed by atoms with Crippen LogP contribution in [0.5, 0.6) is 0 Å². The predicted octanol–water partition coefficient (Wildman–Crippen LogP) is 4.71. The number of anilines is 1. The second kappa shape index (κ2) is 12.3. The van der Waals surface area contributed by atoms with E-state index in [1.54, 1.807) is 6.07 Å². The van der Waals surface area contributed by atoms with Crippen LogP contribution >= 0.6 is 0 Å². The number of aromatic nitrogens is 1. The molecule has 0 saturated carbocycles. The molecule has 0 bridgehead atoms. The smallest absolute Gasteiger partial charge is 0.325 e. The summed E-state index contributed by atoms with van der Waals surface area (Å²) in [5.74, 6) is -0.0987. The number of halogens is 1. The fraction of sp³-hybridized carbons (Fsp3) is 0.586. The van der Waals surface area contributed by atoms with Crippen LogP contribution in [0.2, 0.25) is 0 Å². The number of carbonyl (C=O) groups is 1. The molecule has 3 aliphatic rings. The van der Waals surface area contributed by atoms with Crippen molar-refractivity contribution in [1.29, 1.82) is 0 Å². The van der Waals surface area contributed by atoms with E-state index in [-0.39, 0.29) is 12.0 Å². The number of pyridine rings is 1. The lowest BCUT2D eigenvalue weighted by atomic mass is 9.85. The van der Waals surface area contributed by atoms with Gasteiger partial charge in [0.05, 0.1) is 6.10 Å². The summed E-state index contributed by atoms with van der Waals surface area (Å²) < 4.78 is 25.9. The minimum Gasteiger partial charge on any atom is -0.480 e. The number of nitrogens with one attached hydrogen (secondary N) is 1. The molecule has 8 heteroatoms. The van der Waals surface area contributed by atoms with Crippen molar-refractivity contribution in [3.8, 4) is 0 Å². The maximum absolute atomic E-state index is 14.3. The van der Waals surface area contributed by atoms with Crippen LogP contribution < -0.4 is 5.32 Å². The van der Waals surface area contributed by atoms with Gasteiger partial charge in [0.25, 0.3) is 0 Å². The molecule has 2 saturated heterocycles. The van der Waals surface area contributed by atoms with Crippen LogP contribution in [-0.2, 0) is 27.1 Å². The second-order valence-corrected chi connectivity index (χ2v) is 10.5. The van der Waals surface area contributed by atoms with Crippen LogP contribution in [0.15, 0.2) is 30.3 Å². The third kappa shape index (κ3) is 6.48. The molecular formula is C29H38FN3O4. The van der Waals surface area contributed by atoms with E-state index in [4.69, 9.17) is 14.5 Å². The molecule has 2 aromatic rings. The van der Waals surface area contributed by atoms with Gasteiger partial charge in [-0.2, -0.15) is 0 Å². The quantitative estimate of drug-likeness (QED) is 0.447. The highest BCUT2D eigenvalue weighted by Gasteiger charge is 2.36. The summed E-state index contributed by atoms with van der Waals surface area (Å²) in [6.45, 7) is 4.11. The molecular weight excluding hydrogens is 473 g/mol. The van der Waals surface area contributed by atoms with Gasteiger partial charge in [0.15, 0.2) is 0 Å². The summed E-state index contributed by atoms with van der Waals surface area (Å²) in [7, 11) is 0. The Kier molecular flexibility index (Phi) is 8.69. The van der Waals surface area contributed by atoms with Crippen molar-refractivity contribution in [2.24, 2.45) is 0 Å². The highest BCUT2D eigenvalue weighted by Crippen LogP contribution is 2.36. The predicted molar refractivity (Wildman–Crippen MR) is 139 cm³/mol. The lowest BCUT2D eigenvalue weighted by Crippen LogP contribution is -2.34.